The summed E-state index contributed by atoms with van der Waals surface area (Å²) in [5, 5.41) is 11.4. The molecule has 0 radical (unpaired) electrons. The molecule has 1 saturated heterocycles. The molecule has 1 atom stereocenters. The van der Waals surface area contributed by atoms with Gasteiger partial charge in [-0.05, 0) is 55.0 Å². The van der Waals surface area contributed by atoms with Crippen molar-refractivity contribution in [2.45, 2.75) is 13.0 Å². The van der Waals surface area contributed by atoms with Crippen molar-refractivity contribution < 1.29 is 28.9 Å². The molecule has 1 heterocycles. The molecule has 7 heteroatoms. The van der Waals surface area contributed by atoms with Gasteiger partial charge in [-0.3, -0.25) is 14.5 Å². The zero-order valence-electron chi connectivity index (χ0n) is 19.1. The molecule has 1 N–H and O–H groups in total. The lowest BCUT2D eigenvalue weighted by molar-refractivity contribution is -0.132. The lowest BCUT2D eigenvalue weighted by atomic mass is 9.94. The highest BCUT2D eigenvalue weighted by molar-refractivity contribution is 6.51. The van der Waals surface area contributed by atoms with Crippen molar-refractivity contribution in [1.82, 2.24) is 0 Å². The van der Waals surface area contributed by atoms with Crippen LogP contribution in [0.25, 0.3) is 5.76 Å². The molecule has 0 aromatic heterocycles. The molecule has 1 aliphatic rings. The van der Waals surface area contributed by atoms with Gasteiger partial charge in [0.05, 0.1) is 38.0 Å². The predicted molar refractivity (Wildman–Crippen MR) is 128 cm³/mol. The zero-order valence-corrected chi connectivity index (χ0v) is 19.1. The second kappa shape index (κ2) is 9.70. The monoisotopic (exact) mass is 459 g/mol. The van der Waals surface area contributed by atoms with Gasteiger partial charge in [0.1, 0.15) is 23.0 Å². The summed E-state index contributed by atoms with van der Waals surface area (Å²) in [5.74, 6) is -0.380. The topological polar surface area (TPSA) is 85.3 Å². The van der Waals surface area contributed by atoms with Crippen LogP contribution in [0.1, 0.15) is 24.1 Å². The molecule has 0 aliphatic carbocycles. The zero-order chi connectivity index (χ0) is 24.2. The quantitative estimate of drug-likeness (QED) is 0.312. The van der Waals surface area contributed by atoms with E-state index in [1.54, 1.807) is 66.7 Å². The van der Waals surface area contributed by atoms with E-state index >= 15 is 0 Å². The number of ether oxygens (including phenoxy) is 3. The van der Waals surface area contributed by atoms with Crippen LogP contribution >= 0.6 is 0 Å². The highest BCUT2D eigenvalue weighted by Crippen LogP contribution is 2.44. The first-order valence-electron chi connectivity index (χ1n) is 10.8. The Morgan fingerprint density at radius 1 is 0.912 bits per heavy atom. The van der Waals surface area contributed by atoms with Crippen molar-refractivity contribution in [2.75, 3.05) is 25.7 Å². The summed E-state index contributed by atoms with van der Waals surface area (Å²) in [6, 6.07) is 20.0. The van der Waals surface area contributed by atoms with E-state index in [-0.39, 0.29) is 16.9 Å². The molecule has 1 unspecified atom stereocenters. The van der Waals surface area contributed by atoms with Gasteiger partial charge in [0, 0.05) is 5.69 Å². The van der Waals surface area contributed by atoms with Crippen molar-refractivity contribution in [2.24, 2.45) is 0 Å². The number of nitrogens with zero attached hydrogens (tertiary/aromatic N) is 1. The van der Waals surface area contributed by atoms with E-state index in [0.29, 0.717) is 35.1 Å². The van der Waals surface area contributed by atoms with Gasteiger partial charge in [0.2, 0.25) is 0 Å². The SMILES string of the molecule is CCOc1ccc(C2/C(=C(\O)c3cc(OC)ccc3OC)C(=O)C(=O)N2c2ccccc2)cc1. The highest BCUT2D eigenvalue weighted by atomic mass is 16.5. The van der Waals surface area contributed by atoms with Crippen LogP contribution in [0.3, 0.4) is 0 Å². The summed E-state index contributed by atoms with van der Waals surface area (Å²) >= 11 is 0. The third kappa shape index (κ3) is 4.08. The van der Waals surface area contributed by atoms with Crippen molar-refractivity contribution in [3.63, 3.8) is 0 Å². The molecule has 3 aromatic rings. The summed E-state index contributed by atoms with van der Waals surface area (Å²) in [6.45, 7) is 2.40. The Morgan fingerprint density at radius 2 is 1.59 bits per heavy atom. The number of hydrogen-bond donors (Lipinski definition) is 1. The Bertz CT molecular complexity index is 1230. The molecular formula is C27H25NO6. The van der Waals surface area contributed by atoms with Gasteiger partial charge in [0.15, 0.2) is 0 Å². The number of methoxy groups -OCH3 is 2. The van der Waals surface area contributed by atoms with E-state index in [4.69, 9.17) is 14.2 Å². The summed E-state index contributed by atoms with van der Waals surface area (Å²) in [6.07, 6.45) is 0. The molecule has 174 valence electrons. The fourth-order valence-electron chi connectivity index (χ4n) is 4.06. The summed E-state index contributed by atoms with van der Waals surface area (Å²) in [7, 11) is 2.96. The van der Waals surface area contributed by atoms with Crippen LogP contribution < -0.4 is 19.1 Å². The average Bonchev–Trinajstić information content (AvgIpc) is 3.14. The third-order valence-electron chi connectivity index (χ3n) is 5.65. The van der Waals surface area contributed by atoms with Crippen LogP contribution in [0.2, 0.25) is 0 Å². The largest absolute Gasteiger partial charge is 0.507 e. The Labute approximate surface area is 197 Å². The van der Waals surface area contributed by atoms with E-state index in [1.165, 1.54) is 19.1 Å². The summed E-state index contributed by atoms with van der Waals surface area (Å²) in [4.78, 5) is 27.9. The number of para-hydroxylation sites is 1. The molecule has 34 heavy (non-hydrogen) atoms. The molecule has 0 bridgehead atoms. The second-order valence-corrected chi connectivity index (χ2v) is 7.57. The van der Waals surface area contributed by atoms with Crippen LogP contribution in [0.5, 0.6) is 17.2 Å². The smallest absolute Gasteiger partial charge is 0.300 e. The van der Waals surface area contributed by atoms with E-state index in [1.807, 2.05) is 13.0 Å². The lowest BCUT2D eigenvalue weighted by Gasteiger charge is -2.25. The Kier molecular flexibility index (Phi) is 6.54. The van der Waals surface area contributed by atoms with Gasteiger partial charge < -0.3 is 19.3 Å². The van der Waals surface area contributed by atoms with Gasteiger partial charge in [-0.2, -0.15) is 0 Å². The van der Waals surface area contributed by atoms with Crippen LogP contribution in [0, 0.1) is 0 Å². The molecule has 1 amide bonds. The first kappa shape index (κ1) is 22.9. The average molecular weight is 459 g/mol. The standard InChI is InChI=1S/C27H25NO6/c1-4-34-19-12-10-17(11-13-19)24-23(25(29)21-16-20(32-2)14-15-22(21)33-3)26(30)27(31)28(24)18-8-6-5-7-9-18/h5-16,24,29H,4H2,1-3H3/b25-23+. The molecule has 1 aliphatic heterocycles. The van der Waals surface area contributed by atoms with Gasteiger partial charge in [-0.1, -0.05) is 30.3 Å². The number of benzene rings is 3. The second-order valence-electron chi connectivity index (χ2n) is 7.57. The van der Waals surface area contributed by atoms with Crippen molar-refractivity contribution in [3.8, 4) is 17.2 Å². The minimum Gasteiger partial charge on any atom is -0.507 e. The number of aliphatic hydroxyl groups excluding tert-OH is 1. The van der Waals surface area contributed by atoms with Crippen LogP contribution in [0.15, 0.2) is 78.4 Å². The lowest BCUT2D eigenvalue weighted by Crippen LogP contribution is -2.29. The van der Waals surface area contributed by atoms with E-state index in [2.05, 4.69) is 0 Å². The normalized spacial score (nSPS) is 17.0. The van der Waals surface area contributed by atoms with Crippen LogP contribution in [-0.4, -0.2) is 37.6 Å². The van der Waals surface area contributed by atoms with Crippen LogP contribution in [0.4, 0.5) is 5.69 Å². The van der Waals surface area contributed by atoms with E-state index < -0.39 is 17.7 Å². The fourth-order valence-corrected chi connectivity index (χ4v) is 4.06. The number of ketones is 1. The number of amides is 1. The van der Waals surface area contributed by atoms with Gasteiger partial charge in [0.25, 0.3) is 11.7 Å². The van der Waals surface area contributed by atoms with Crippen molar-refractivity contribution in [3.05, 3.63) is 89.5 Å². The van der Waals surface area contributed by atoms with E-state index in [9.17, 15) is 14.7 Å². The number of rotatable bonds is 7. The maximum atomic E-state index is 13.3. The maximum Gasteiger partial charge on any atom is 0.300 e. The van der Waals surface area contributed by atoms with Gasteiger partial charge in [-0.25, -0.2) is 0 Å². The summed E-state index contributed by atoms with van der Waals surface area (Å²) in [5.41, 5.74) is 1.41. The van der Waals surface area contributed by atoms with Crippen LogP contribution in [-0.2, 0) is 9.59 Å². The van der Waals surface area contributed by atoms with Crippen molar-refractivity contribution in [1.29, 1.82) is 0 Å². The Balaban J connectivity index is 1.94. The summed E-state index contributed by atoms with van der Waals surface area (Å²) < 4.78 is 16.2. The number of aliphatic hydroxyl groups is 1. The van der Waals surface area contributed by atoms with Gasteiger partial charge >= 0.3 is 0 Å². The Hall–Kier alpha value is -4.26. The molecule has 7 nitrogen and oxygen atoms in total. The molecule has 0 spiro atoms. The molecule has 0 saturated carbocycles. The Morgan fingerprint density at radius 3 is 2.21 bits per heavy atom. The number of hydrogen-bond acceptors (Lipinski definition) is 6. The highest BCUT2D eigenvalue weighted by Gasteiger charge is 2.47. The fraction of sp³-hybridized carbons (Fsp3) is 0.185. The number of anilines is 1. The molecular weight excluding hydrogens is 434 g/mol. The van der Waals surface area contributed by atoms with E-state index in [0.717, 1.165) is 0 Å². The third-order valence-corrected chi connectivity index (χ3v) is 5.65. The molecule has 1 fully saturated rings. The number of Topliss-reactive ketones (excluding diaryl/α,β-unsaturated/α-hetero) is 1. The maximum absolute atomic E-state index is 13.3. The number of carbonyl (C=O) groups is 2. The van der Waals surface area contributed by atoms with Crippen molar-refractivity contribution >= 4 is 23.1 Å². The molecule has 4 rings (SSSR count). The molecule has 3 aromatic carbocycles. The number of carbonyl (C=O) groups excluding carboxylic acids is 2. The first-order chi connectivity index (χ1) is 16.5. The predicted octanol–water partition coefficient (Wildman–Crippen LogP) is 4.73. The minimum absolute atomic E-state index is 0.0374. The van der Waals surface area contributed by atoms with Gasteiger partial charge in [-0.15, -0.1) is 0 Å². The minimum atomic E-state index is -0.853. The first-order valence-corrected chi connectivity index (χ1v) is 10.8.